The van der Waals surface area contributed by atoms with E-state index in [2.05, 4.69) is 30.6 Å². The first-order valence-corrected chi connectivity index (χ1v) is 10.9. The van der Waals surface area contributed by atoms with Gasteiger partial charge in [-0.1, -0.05) is 6.07 Å². The van der Waals surface area contributed by atoms with Gasteiger partial charge in [0.1, 0.15) is 11.5 Å². The van der Waals surface area contributed by atoms with Gasteiger partial charge in [0, 0.05) is 41.8 Å². The summed E-state index contributed by atoms with van der Waals surface area (Å²) in [5, 5.41) is 7.14. The third-order valence-corrected chi connectivity index (χ3v) is 6.21. The van der Waals surface area contributed by atoms with Crippen LogP contribution in [0, 0.1) is 6.92 Å². The van der Waals surface area contributed by atoms with Crippen LogP contribution in [0.2, 0.25) is 0 Å². The summed E-state index contributed by atoms with van der Waals surface area (Å²) in [6.45, 7) is 4.90. The molecule has 172 valence electrons. The summed E-state index contributed by atoms with van der Waals surface area (Å²) in [7, 11) is 0. The van der Waals surface area contributed by atoms with Crippen LogP contribution in [0.4, 0.5) is 14.7 Å². The van der Waals surface area contributed by atoms with Gasteiger partial charge in [-0.15, -0.1) is 0 Å². The number of amides is 1. The lowest BCUT2D eigenvalue weighted by Gasteiger charge is -2.45. The number of carbonyl (C=O) groups is 1. The fourth-order valence-corrected chi connectivity index (χ4v) is 4.83. The average molecular weight is 453 g/mol. The van der Waals surface area contributed by atoms with Crippen LogP contribution in [0.5, 0.6) is 0 Å². The Hall–Kier alpha value is -3.56. The third-order valence-electron chi connectivity index (χ3n) is 6.21. The minimum Gasteiger partial charge on any atom is -0.351 e. The molecule has 1 aliphatic rings. The fourth-order valence-electron chi connectivity index (χ4n) is 4.83. The van der Waals surface area contributed by atoms with Crippen molar-refractivity contribution >= 4 is 33.9 Å². The van der Waals surface area contributed by atoms with Gasteiger partial charge in [-0.25, -0.2) is 18.7 Å². The van der Waals surface area contributed by atoms with Crippen molar-refractivity contribution in [2.45, 2.75) is 58.2 Å². The lowest BCUT2D eigenvalue weighted by atomic mass is 9.74. The van der Waals surface area contributed by atoms with Gasteiger partial charge in [-0.2, -0.15) is 4.98 Å². The van der Waals surface area contributed by atoms with Crippen molar-refractivity contribution in [2.75, 3.05) is 5.32 Å². The highest BCUT2D eigenvalue weighted by Gasteiger charge is 2.41. The number of imidazole rings is 1. The van der Waals surface area contributed by atoms with Gasteiger partial charge in [-0.05, 0) is 44.4 Å². The van der Waals surface area contributed by atoms with Gasteiger partial charge in [0.2, 0.25) is 11.9 Å². The first-order chi connectivity index (χ1) is 15.7. The predicted octanol–water partition coefficient (Wildman–Crippen LogP) is 4.02. The number of nitrogens with zero attached hydrogens (tertiary/aromatic N) is 4. The van der Waals surface area contributed by atoms with Gasteiger partial charge < -0.3 is 20.2 Å². The van der Waals surface area contributed by atoms with Crippen molar-refractivity contribution in [1.82, 2.24) is 29.8 Å². The summed E-state index contributed by atoms with van der Waals surface area (Å²) >= 11 is 0. The normalized spacial score (nSPS) is 20.4. The molecule has 1 aliphatic carbocycles. The van der Waals surface area contributed by atoms with Crippen LogP contribution in [-0.4, -0.2) is 48.4 Å². The van der Waals surface area contributed by atoms with Gasteiger partial charge in [0.25, 0.3) is 6.43 Å². The molecule has 3 heterocycles. The number of benzene rings is 1. The van der Waals surface area contributed by atoms with E-state index in [1.165, 1.54) is 6.92 Å². The second-order valence-electron chi connectivity index (χ2n) is 9.01. The Kier molecular flexibility index (Phi) is 5.02. The highest BCUT2D eigenvalue weighted by molar-refractivity contribution is 5.95. The Labute approximate surface area is 188 Å². The number of fused-ring (bicyclic) bond motifs is 2. The molecule has 4 aromatic rings. The fraction of sp³-hybridized carbons (Fsp3) is 0.391. The molecule has 0 saturated heterocycles. The summed E-state index contributed by atoms with van der Waals surface area (Å²) in [6.07, 6.45) is 2.76. The Morgan fingerprint density at radius 2 is 2.12 bits per heavy atom. The SMILES string of the molecule is CC(=O)N[C@]1(C)C[C@H](Nc2ncc3c(-c4ccc5nc(C)n(CC(F)F)c5c4)c[nH]c3n2)C1. The molecular formula is C23H25F2N7O. The van der Waals surface area contributed by atoms with Crippen molar-refractivity contribution in [2.24, 2.45) is 0 Å². The Balaban J connectivity index is 1.39. The van der Waals surface area contributed by atoms with E-state index in [4.69, 9.17) is 0 Å². The van der Waals surface area contributed by atoms with Crippen LogP contribution in [0.3, 0.4) is 0 Å². The zero-order chi connectivity index (χ0) is 23.3. The first kappa shape index (κ1) is 21.3. The lowest BCUT2D eigenvalue weighted by Crippen LogP contribution is -2.59. The van der Waals surface area contributed by atoms with Crippen molar-refractivity contribution in [3.8, 4) is 11.1 Å². The second-order valence-corrected chi connectivity index (χ2v) is 9.01. The third kappa shape index (κ3) is 4.01. The predicted molar refractivity (Wildman–Crippen MR) is 122 cm³/mol. The number of hydrogen-bond donors (Lipinski definition) is 3. The van der Waals surface area contributed by atoms with E-state index in [1.54, 1.807) is 17.7 Å². The minimum atomic E-state index is -2.45. The number of H-pyrrole nitrogens is 1. The zero-order valence-corrected chi connectivity index (χ0v) is 18.6. The van der Waals surface area contributed by atoms with E-state index in [1.807, 2.05) is 31.3 Å². The maximum Gasteiger partial charge on any atom is 0.256 e. The van der Waals surface area contributed by atoms with E-state index < -0.39 is 6.43 Å². The van der Waals surface area contributed by atoms with Crippen molar-refractivity contribution in [3.63, 3.8) is 0 Å². The zero-order valence-electron chi connectivity index (χ0n) is 18.6. The molecule has 1 amide bonds. The van der Waals surface area contributed by atoms with Crippen LogP contribution < -0.4 is 10.6 Å². The minimum absolute atomic E-state index is 0.0295. The van der Waals surface area contributed by atoms with E-state index in [0.29, 0.717) is 28.5 Å². The quantitative estimate of drug-likeness (QED) is 0.410. The molecule has 10 heteroatoms. The highest BCUT2D eigenvalue weighted by atomic mass is 19.3. The number of rotatable bonds is 6. The number of aryl methyl sites for hydroxylation is 1. The van der Waals surface area contributed by atoms with E-state index in [-0.39, 0.29) is 24.0 Å². The number of nitrogens with one attached hydrogen (secondary N) is 3. The average Bonchev–Trinajstić information content (AvgIpc) is 3.26. The largest absolute Gasteiger partial charge is 0.351 e. The van der Waals surface area contributed by atoms with Gasteiger partial charge in [0.15, 0.2) is 0 Å². The molecule has 3 aromatic heterocycles. The topological polar surface area (TPSA) is 101 Å². The van der Waals surface area contributed by atoms with E-state index in [0.717, 1.165) is 29.4 Å². The number of halogens is 2. The van der Waals surface area contributed by atoms with Crippen LogP contribution in [0.25, 0.3) is 33.2 Å². The van der Waals surface area contributed by atoms with Crippen LogP contribution in [0.15, 0.2) is 30.6 Å². The monoisotopic (exact) mass is 453 g/mol. The Morgan fingerprint density at radius 3 is 2.85 bits per heavy atom. The standard InChI is InChI=1S/C23H25F2N7O/c1-12-28-18-5-4-14(6-19(18)32(12)11-20(24)25)16-9-26-21-17(16)10-27-22(30-21)29-15-7-23(3,8-15)31-13(2)33/h4-6,9-10,15,20H,7-8,11H2,1-3H3,(H,31,33)(H2,26,27,29,30)/t15-,23+. The molecule has 1 saturated carbocycles. The number of alkyl halides is 2. The molecule has 0 aliphatic heterocycles. The molecule has 33 heavy (non-hydrogen) atoms. The van der Waals surface area contributed by atoms with Crippen LogP contribution >= 0.6 is 0 Å². The van der Waals surface area contributed by atoms with E-state index in [9.17, 15) is 13.6 Å². The Morgan fingerprint density at radius 1 is 1.33 bits per heavy atom. The van der Waals surface area contributed by atoms with Gasteiger partial charge in [0.05, 0.1) is 17.6 Å². The molecule has 0 radical (unpaired) electrons. The van der Waals surface area contributed by atoms with Crippen molar-refractivity contribution in [3.05, 3.63) is 36.4 Å². The molecule has 0 bridgehead atoms. The maximum absolute atomic E-state index is 13.0. The maximum atomic E-state index is 13.0. The number of carbonyl (C=O) groups excluding carboxylic acids is 1. The second kappa shape index (κ2) is 7.79. The lowest BCUT2D eigenvalue weighted by molar-refractivity contribution is -0.121. The number of aromatic nitrogens is 5. The van der Waals surface area contributed by atoms with Crippen molar-refractivity contribution in [1.29, 1.82) is 0 Å². The Bertz CT molecular complexity index is 1350. The molecule has 1 aromatic carbocycles. The molecule has 0 atom stereocenters. The molecule has 0 unspecified atom stereocenters. The van der Waals surface area contributed by atoms with Crippen molar-refractivity contribution < 1.29 is 13.6 Å². The summed E-state index contributed by atoms with van der Waals surface area (Å²) < 4.78 is 27.6. The number of aromatic amines is 1. The molecule has 0 spiro atoms. The molecule has 5 rings (SSSR count). The summed E-state index contributed by atoms with van der Waals surface area (Å²) in [5.41, 5.74) is 3.61. The van der Waals surface area contributed by atoms with E-state index >= 15 is 0 Å². The molecular weight excluding hydrogens is 428 g/mol. The molecule has 3 N–H and O–H groups in total. The summed E-state index contributed by atoms with van der Waals surface area (Å²) in [6, 6.07) is 5.84. The highest BCUT2D eigenvalue weighted by Crippen LogP contribution is 2.34. The first-order valence-electron chi connectivity index (χ1n) is 10.9. The smallest absolute Gasteiger partial charge is 0.256 e. The molecule has 1 fully saturated rings. The molecule has 8 nitrogen and oxygen atoms in total. The summed E-state index contributed by atoms with van der Waals surface area (Å²) in [4.78, 5) is 28.0. The summed E-state index contributed by atoms with van der Waals surface area (Å²) in [5.74, 6) is 1.05. The van der Waals surface area contributed by atoms with Gasteiger partial charge in [-0.3, -0.25) is 4.79 Å². The number of hydrogen-bond acceptors (Lipinski definition) is 5. The van der Waals surface area contributed by atoms with Crippen LogP contribution in [0.1, 0.15) is 32.5 Å². The van der Waals surface area contributed by atoms with Crippen LogP contribution in [-0.2, 0) is 11.3 Å². The number of anilines is 1. The van der Waals surface area contributed by atoms with Gasteiger partial charge >= 0.3 is 0 Å².